The smallest absolute Gasteiger partial charge is 0.0227 e. The van der Waals surface area contributed by atoms with Crippen molar-refractivity contribution in [3.8, 4) is 0 Å². The van der Waals surface area contributed by atoms with Crippen molar-refractivity contribution in [3.63, 3.8) is 0 Å². The fourth-order valence-corrected chi connectivity index (χ4v) is 2.56. The molecule has 0 spiro atoms. The summed E-state index contributed by atoms with van der Waals surface area (Å²) in [5.41, 5.74) is 6.06. The van der Waals surface area contributed by atoms with Crippen LogP contribution in [0.1, 0.15) is 62.3 Å². The summed E-state index contributed by atoms with van der Waals surface area (Å²) < 4.78 is 0. The Balaban J connectivity index is 3.24. The molecule has 0 aromatic heterocycles. The molecule has 0 heterocycles. The van der Waals surface area contributed by atoms with E-state index in [1.807, 2.05) is 6.08 Å². The van der Waals surface area contributed by atoms with E-state index in [0.29, 0.717) is 0 Å². The SMILES string of the molecule is C=Cc1ccc(CCC)c(CCC)c1CCC. The van der Waals surface area contributed by atoms with Crippen LogP contribution in [-0.4, -0.2) is 0 Å². The van der Waals surface area contributed by atoms with Crippen LogP contribution in [0.15, 0.2) is 18.7 Å². The molecule has 1 aromatic rings. The normalized spacial score (nSPS) is 10.5. The van der Waals surface area contributed by atoms with Crippen LogP contribution in [0.4, 0.5) is 0 Å². The van der Waals surface area contributed by atoms with E-state index in [0.717, 1.165) is 0 Å². The van der Waals surface area contributed by atoms with Crippen LogP contribution in [0, 0.1) is 0 Å². The van der Waals surface area contributed by atoms with E-state index in [1.165, 1.54) is 44.1 Å². The van der Waals surface area contributed by atoms with E-state index in [9.17, 15) is 0 Å². The van der Waals surface area contributed by atoms with E-state index in [1.54, 1.807) is 16.7 Å². The molecular formula is C17H26. The lowest BCUT2D eigenvalue weighted by atomic mass is 9.89. The minimum atomic E-state index is 1.19. The van der Waals surface area contributed by atoms with Gasteiger partial charge in [-0.2, -0.15) is 0 Å². The maximum atomic E-state index is 3.95. The van der Waals surface area contributed by atoms with Gasteiger partial charge in [0.25, 0.3) is 0 Å². The molecule has 0 heteroatoms. The molecule has 0 aliphatic rings. The van der Waals surface area contributed by atoms with E-state index < -0.39 is 0 Å². The van der Waals surface area contributed by atoms with Crippen LogP contribution in [-0.2, 0) is 19.3 Å². The molecule has 0 radical (unpaired) electrons. The zero-order chi connectivity index (χ0) is 12.7. The number of hydrogen-bond donors (Lipinski definition) is 0. The predicted molar refractivity (Wildman–Crippen MR) is 78.5 cm³/mol. The van der Waals surface area contributed by atoms with Crippen LogP contribution in [0.5, 0.6) is 0 Å². The molecule has 1 rings (SSSR count). The first kappa shape index (κ1) is 14.0. The molecule has 0 fully saturated rings. The first-order chi connectivity index (χ1) is 8.28. The topological polar surface area (TPSA) is 0 Å². The standard InChI is InChI=1S/C17H26/c1-5-9-15-13-12-14(8-4)16(10-6-2)17(15)11-7-3/h8,12-13H,4-7,9-11H2,1-3H3. The summed E-state index contributed by atoms with van der Waals surface area (Å²) in [6, 6.07) is 4.56. The molecule has 0 nitrogen and oxygen atoms in total. The average Bonchev–Trinajstić information content (AvgIpc) is 2.34. The third-order valence-electron chi connectivity index (χ3n) is 3.30. The Morgan fingerprint density at radius 2 is 1.47 bits per heavy atom. The quantitative estimate of drug-likeness (QED) is 0.605. The summed E-state index contributed by atoms with van der Waals surface area (Å²) in [7, 11) is 0. The van der Waals surface area contributed by atoms with Gasteiger partial charge in [-0.1, -0.05) is 64.8 Å². The number of rotatable bonds is 7. The highest BCUT2D eigenvalue weighted by atomic mass is 14.1. The molecule has 94 valence electrons. The van der Waals surface area contributed by atoms with Crippen molar-refractivity contribution in [2.45, 2.75) is 59.3 Å². The van der Waals surface area contributed by atoms with Crippen LogP contribution >= 0.6 is 0 Å². The van der Waals surface area contributed by atoms with Gasteiger partial charge >= 0.3 is 0 Å². The average molecular weight is 230 g/mol. The van der Waals surface area contributed by atoms with Crippen molar-refractivity contribution in [2.24, 2.45) is 0 Å². The molecular weight excluding hydrogens is 204 g/mol. The summed E-state index contributed by atoms with van der Waals surface area (Å²) >= 11 is 0. The number of hydrogen-bond acceptors (Lipinski definition) is 0. The first-order valence-corrected chi connectivity index (χ1v) is 7.04. The Morgan fingerprint density at radius 1 is 0.882 bits per heavy atom. The monoisotopic (exact) mass is 230 g/mol. The predicted octanol–water partition coefficient (Wildman–Crippen LogP) is 5.19. The number of aryl methyl sites for hydroxylation is 1. The van der Waals surface area contributed by atoms with Gasteiger partial charge in [-0.05, 0) is 41.5 Å². The van der Waals surface area contributed by atoms with Crippen LogP contribution in [0.3, 0.4) is 0 Å². The highest BCUT2D eigenvalue weighted by Crippen LogP contribution is 2.24. The molecule has 0 unspecified atom stereocenters. The fourth-order valence-electron chi connectivity index (χ4n) is 2.56. The second-order valence-electron chi connectivity index (χ2n) is 4.73. The maximum absolute atomic E-state index is 3.95. The van der Waals surface area contributed by atoms with E-state index in [4.69, 9.17) is 0 Å². The van der Waals surface area contributed by atoms with Crippen molar-refractivity contribution < 1.29 is 0 Å². The second kappa shape index (κ2) is 7.32. The Morgan fingerprint density at radius 3 is 2.00 bits per heavy atom. The van der Waals surface area contributed by atoms with Crippen molar-refractivity contribution in [2.75, 3.05) is 0 Å². The Bertz CT molecular complexity index is 361. The Kier molecular flexibility index (Phi) is 6.04. The van der Waals surface area contributed by atoms with Crippen molar-refractivity contribution >= 4 is 6.08 Å². The lowest BCUT2D eigenvalue weighted by molar-refractivity contribution is 0.824. The molecule has 0 N–H and O–H groups in total. The minimum Gasteiger partial charge on any atom is -0.0985 e. The lowest BCUT2D eigenvalue weighted by Crippen LogP contribution is -2.03. The summed E-state index contributed by atoms with van der Waals surface area (Å²) in [6.45, 7) is 10.7. The van der Waals surface area contributed by atoms with Gasteiger partial charge in [0.2, 0.25) is 0 Å². The van der Waals surface area contributed by atoms with Gasteiger partial charge in [0, 0.05) is 0 Å². The fraction of sp³-hybridized carbons (Fsp3) is 0.529. The van der Waals surface area contributed by atoms with Crippen LogP contribution < -0.4 is 0 Å². The molecule has 17 heavy (non-hydrogen) atoms. The highest BCUT2D eigenvalue weighted by molar-refractivity contribution is 5.56. The highest BCUT2D eigenvalue weighted by Gasteiger charge is 2.10. The Labute approximate surface area is 107 Å². The molecule has 0 atom stereocenters. The van der Waals surface area contributed by atoms with Gasteiger partial charge in [0.05, 0.1) is 0 Å². The van der Waals surface area contributed by atoms with Gasteiger partial charge in [0.1, 0.15) is 0 Å². The minimum absolute atomic E-state index is 1.19. The molecule has 1 aromatic carbocycles. The van der Waals surface area contributed by atoms with E-state index in [-0.39, 0.29) is 0 Å². The summed E-state index contributed by atoms with van der Waals surface area (Å²) in [5, 5.41) is 0. The molecule has 0 saturated carbocycles. The molecule has 0 aliphatic carbocycles. The second-order valence-corrected chi connectivity index (χ2v) is 4.73. The third-order valence-corrected chi connectivity index (χ3v) is 3.30. The Hall–Kier alpha value is -1.04. The van der Waals surface area contributed by atoms with Crippen molar-refractivity contribution in [1.82, 2.24) is 0 Å². The molecule has 0 amide bonds. The zero-order valence-electron chi connectivity index (χ0n) is 11.7. The van der Waals surface area contributed by atoms with Gasteiger partial charge in [-0.15, -0.1) is 0 Å². The zero-order valence-corrected chi connectivity index (χ0v) is 11.7. The number of benzene rings is 1. The third kappa shape index (κ3) is 3.46. The van der Waals surface area contributed by atoms with Gasteiger partial charge in [-0.25, -0.2) is 0 Å². The summed E-state index contributed by atoms with van der Waals surface area (Å²) in [4.78, 5) is 0. The van der Waals surface area contributed by atoms with Crippen molar-refractivity contribution in [1.29, 1.82) is 0 Å². The van der Waals surface area contributed by atoms with Gasteiger partial charge in [0.15, 0.2) is 0 Å². The largest absolute Gasteiger partial charge is 0.0985 e. The van der Waals surface area contributed by atoms with Crippen LogP contribution in [0.25, 0.3) is 6.08 Å². The van der Waals surface area contributed by atoms with Gasteiger partial charge in [-0.3, -0.25) is 0 Å². The lowest BCUT2D eigenvalue weighted by Gasteiger charge is -2.16. The van der Waals surface area contributed by atoms with E-state index in [2.05, 4.69) is 39.5 Å². The summed E-state index contributed by atoms with van der Waals surface area (Å²) in [6.07, 6.45) is 9.31. The van der Waals surface area contributed by atoms with Crippen LogP contribution in [0.2, 0.25) is 0 Å². The van der Waals surface area contributed by atoms with Gasteiger partial charge < -0.3 is 0 Å². The summed E-state index contributed by atoms with van der Waals surface area (Å²) in [5.74, 6) is 0. The first-order valence-electron chi connectivity index (χ1n) is 7.04. The molecule has 0 saturated heterocycles. The van der Waals surface area contributed by atoms with E-state index >= 15 is 0 Å². The molecule has 0 aliphatic heterocycles. The maximum Gasteiger partial charge on any atom is -0.0227 e. The molecule has 0 bridgehead atoms. The van der Waals surface area contributed by atoms with Crippen molar-refractivity contribution in [3.05, 3.63) is 41.0 Å².